The van der Waals surface area contributed by atoms with Crippen molar-refractivity contribution in [1.29, 1.82) is 0 Å². The third-order valence-electron chi connectivity index (χ3n) is 4.64. The number of nitrogen functional groups attached to an aromatic ring is 2. The Morgan fingerprint density at radius 1 is 0.600 bits per heavy atom. The van der Waals surface area contributed by atoms with E-state index in [2.05, 4.69) is 0 Å². The lowest BCUT2D eigenvalue weighted by atomic mass is 9.94. The second-order valence-electron chi connectivity index (χ2n) is 6.78. The van der Waals surface area contributed by atoms with Crippen molar-refractivity contribution >= 4 is 21.5 Å². The van der Waals surface area contributed by atoms with Gasteiger partial charge in [-0.2, -0.15) is 8.42 Å². The molecule has 0 heterocycles. The molecule has 0 spiro atoms. The highest BCUT2D eigenvalue weighted by atomic mass is 32.2. The van der Waals surface area contributed by atoms with Gasteiger partial charge < -0.3 is 15.7 Å². The molecule has 0 atom stereocenters. The van der Waals surface area contributed by atoms with Crippen LogP contribution < -0.4 is 15.7 Å². The largest absolute Gasteiger partial charge is 0.399 e. The molecule has 0 bridgehead atoms. The summed E-state index contributed by atoms with van der Waals surface area (Å²) in [5.41, 5.74) is 15.8. The fraction of sp³-hybridized carbons (Fsp3) is 0. The summed E-state index contributed by atoms with van der Waals surface area (Å²) in [6, 6.07) is 28.2. The molecule has 0 radical (unpaired) electrons. The Kier molecular flexibility index (Phi) is 5.16. The molecule has 4 rings (SSSR count). The van der Waals surface area contributed by atoms with Gasteiger partial charge in [-0.3, -0.25) is 0 Å². The molecule has 0 saturated heterocycles. The van der Waals surface area contributed by atoms with Gasteiger partial charge in [0.2, 0.25) is 0 Å². The number of para-hydroxylation sites is 1. The van der Waals surface area contributed by atoms with Crippen LogP contribution in [0.25, 0.3) is 22.3 Å². The van der Waals surface area contributed by atoms with Crippen molar-refractivity contribution in [3.8, 4) is 28.0 Å². The topological polar surface area (TPSA) is 95.4 Å². The third kappa shape index (κ3) is 3.99. The minimum atomic E-state index is -4.13. The van der Waals surface area contributed by atoms with Gasteiger partial charge in [-0.05, 0) is 53.1 Å². The molecule has 6 heteroatoms. The monoisotopic (exact) mass is 416 g/mol. The Labute approximate surface area is 175 Å². The highest BCUT2D eigenvalue weighted by Gasteiger charge is 2.24. The van der Waals surface area contributed by atoms with E-state index in [-0.39, 0.29) is 10.6 Å². The van der Waals surface area contributed by atoms with Crippen molar-refractivity contribution in [2.75, 3.05) is 11.5 Å². The van der Waals surface area contributed by atoms with Gasteiger partial charge in [-0.15, -0.1) is 0 Å². The lowest BCUT2D eigenvalue weighted by Crippen LogP contribution is -2.12. The maximum absolute atomic E-state index is 13.2. The van der Waals surface area contributed by atoms with Crippen LogP contribution in [-0.4, -0.2) is 8.42 Å². The lowest BCUT2D eigenvalue weighted by Gasteiger charge is -2.16. The average Bonchev–Trinajstić information content (AvgIpc) is 2.75. The zero-order valence-electron chi connectivity index (χ0n) is 16.0. The van der Waals surface area contributed by atoms with Crippen LogP contribution in [0, 0.1) is 0 Å². The second-order valence-corrected chi connectivity index (χ2v) is 8.29. The SMILES string of the molecule is Nc1ccc(-c2ccc(N)cc2S(=O)(=O)Oc2ccccc2)c(-c2ccccc2)c1. The highest BCUT2D eigenvalue weighted by Crippen LogP contribution is 2.38. The molecule has 0 aliphatic heterocycles. The molecule has 4 aromatic rings. The van der Waals surface area contributed by atoms with Gasteiger partial charge in [0.25, 0.3) is 0 Å². The summed E-state index contributed by atoms with van der Waals surface area (Å²) in [5.74, 6) is 0.228. The zero-order valence-corrected chi connectivity index (χ0v) is 16.8. The van der Waals surface area contributed by atoms with Crippen LogP contribution in [0.5, 0.6) is 5.75 Å². The maximum Gasteiger partial charge on any atom is 0.339 e. The summed E-state index contributed by atoms with van der Waals surface area (Å²) < 4.78 is 31.7. The van der Waals surface area contributed by atoms with Crippen molar-refractivity contribution in [2.24, 2.45) is 0 Å². The van der Waals surface area contributed by atoms with Gasteiger partial charge in [-0.25, -0.2) is 0 Å². The smallest absolute Gasteiger partial charge is 0.339 e. The van der Waals surface area contributed by atoms with Crippen LogP contribution in [0.1, 0.15) is 0 Å². The van der Waals surface area contributed by atoms with Crippen LogP contribution in [-0.2, 0) is 10.1 Å². The van der Waals surface area contributed by atoms with Crippen molar-refractivity contribution in [1.82, 2.24) is 0 Å². The predicted octanol–water partition coefficient (Wildman–Crippen LogP) is 4.95. The molecule has 150 valence electrons. The molecule has 0 aliphatic carbocycles. The van der Waals surface area contributed by atoms with Crippen LogP contribution in [0.2, 0.25) is 0 Å². The van der Waals surface area contributed by atoms with Gasteiger partial charge in [0.1, 0.15) is 10.6 Å². The molecule has 0 fully saturated rings. The molecular formula is C24H20N2O3S. The van der Waals surface area contributed by atoms with E-state index in [4.69, 9.17) is 15.7 Å². The summed E-state index contributed by atoms with van der Waals surface area (Å²) in [4.78, 5) is -0.00620. The number of hydrogen-bond donors (Lipinski definition) is 2. The first-order chi connectivity index (χ1) is 14.4. The number of nitrogens with two attached hydrogens (primary N) is 2. The molecular weight excluding hydrogens is 396 g/mol. The van der Waals surface area contributed by atoms with Crippen LogP contribution in [0.3, 0.4) is 0 Å². The molecule has 0 aromatic heterocycles. The summed E-state index contributed by atoms with van der Waals surface area (Å²) >= 11 is 0. The first-order valence-electron chi connectivity index (χ1n) is 9.28. The van der Waals surface area contributed by atoms with E-state index in [0.717, 1.165) is 11.1 Å². The van der Waals surface area contributed by atoms with Gasteiger partial charge in [0.05, 0.1) is 0 Å². The number of benzene rings is 4. The summed E-state index contributed by atoms with van der Waals surface area (Å²) in [6.45, 7) is 0. The fourth-order valence-corrected chi connectivity index (χ4v) is 4.45. The van der Waals surface area contributed by atoms with E-state index in [1.54, 1.807) is 48.5 Å². The molecule has 5 nitrogen and oxygen atoms in total. The normalized spacial score (nSPS) is 11.2. The predicted molar refractivity (Wildman–Crippen MR) is 120 cm³/mol. The Morgan fingerprint density at radius 3 is 1.83 bits per heavy atom. The minimum absolute atomic E-state index is 0.00620. The molecule has 4 N–H and O–H groups in total. The summed E-state index contributed by atoms with van der Waals surface area (Å²) in [6.07, 6.45) is 0. The standard InChI is InChI=1S/C24H20N2O3S/c25-18-11-13-21(23(15-18)17-7-3-1-4-8-17)22-14-12-19(26)16-24(22)30(27,28)29-20-9-5-2-6-10-20/h1-16H,25-26H2. The maximum atomic E-state index is 13.2. The average molecular weight is 417 g/mol. The van der Waals surface area contributed by atoms with Crippen LogP contribution in [0.4, 0.5) is 11.4 Å². The molecule has 0 saturated carbocycles. The fourth-order valence-electron chi connectivity index (χ4n) is 3.27. The Morgan fingerprint density at radius 2 is 1.17 bits per heavy atom. The van der Waals surface area contributed by atoms with Gasteiger partial charge >= 0.3 is 10.1 Å². The molecule has 0 aliphatic rings. The third-order valence-corrected chi connectivity index (χ3v) is 5.93. The molecule has 0 unspecified atom stereocenters. The number of anilines is 2. The Balaban J connectivity index is 1.90. The van der Waals surface area contributed by atoms with Gasteiger partial charge in [0.15, 0.2) is 0 Å². The number of hydrogen-bond acceptors (Lipinski definition) is 5. The molecule has 30 heavy (non-hydrogen) atoms. The minimum Gasteiger partial charge on any atom is -0.399 e. The Hall–Kier alpha value is -3.77. The van der Waals surface area contributed by atoms with E-state index < -0.39 is 10.1 Å². The van der Waals surface area contributed by atoms with E-state index in [9.17, 15) is 8.42 Å². The quantitative estimate of drug-likeness (QED) is 0.354. The zero-order chi connectivity index (χ0) is 21.1. The second kappa shape index (κ2) is 7.93. The highest BCUT2D eigenvalue weighted by molar-refractivity contribution is 7.87. The summed E-state index contributed by atoms with van der Waals surface area (Å²) in [7, 11) is -4.13. The summed E-state index contributed by atoms with van der Waals surface area (Å²) in [5, 5.41) is 0. The number of rotatable bonds is 5. The van der Waals surface area contributed by atoms with Crippen LogP contribution in [0.15, 0.2) is 102 Å². The first-order valence-corrected chi connectivity index (χ1v) is 10.7. The first kappa shape index (κ1) is 19.5. The van der Waals surface area contributed by atoms with Crippen molar-refractivity contribution in [3.63, 3.8) is 0 Å². The van der Waals surface area contributed by atoms with Crippen molar-refractivity contribution < 1.29 is 12.6 Å². The van der Waals surface area contributed by atoms with E-state index in [0.29, 0.717) is 22.5 Å². The van der Waals surface area contributed by atoms with Crippen molar-refractivity contribution in [2.45, 2.75) is 4.90 Å². The van der Waals surface area contributed by atoms with E-state index >= 15 is 0 Å². The lowest BCUT2D eigenvalue weighted by molar-refractivity contribution is 0.486. The van der Waals surface area contributed by atoms with Crippen molar-refractivity contribution in [3.05, 3.63) is 97.1 Å². The van der Waals surface area contributed by atoms with Crippen LogP contribution >= 0.6 is 0 Å². The molecule has 0 amide bonds. The van der Waals surface area contributed by atoms with Gasteiger partial charge in [-0.1, -0.05) is 60.7 Å². The van der Waals surface area contributed by atoms with E-state index in [1.165, 1.54) is 6.07 Å². The molecule has 4 aromatic carbocycles. The Bertz CT molecular complexity index is 1290. The van der Waals surface area contributed by atoms with E-state index in [1.807, 2.05) is 42.5 Å². The van der Waals surface area contributed by atoms with Gasteiger partial charge in [0, 0.05) is 16.9 Å².